The van der Waals surface area contributed by atoms with E-state index in [4.69, 9.17) is 11.6 Å². The van der Waals surface area contributed by atoms with Crippen LogP contribution in [0.2, 0.25) is 5.02 Å². The van der Waals surface area contributed by atoms with Gasteiger partial charge in [0, 0.05) is 44.3 Å². The van der Waals surface area contributed by atoms with Gasteiger partial charge in [0.1, 0.15) is 0 Å². The number of piperidine rings is 1. The van der Waals surface area contributed by atoms with Gasteiger partial charge in [-0.3, -0.25) is 9.48 Å². The van der Waals surface area contributed by atoms with Crippen LogP contribution in [-0.2, 0) is 11.3 Å². The number of carbonyl (C=O) groups excluding carboxylic acids is 1. The SMILES string of the molecule is CN(C(=O)CCn1cc(Cl)cn1)C1CC2CCC(C1)N2. The maximum atomic E-state index is 12.3. The molecule has 1 aromatic rings. The third-order valence-corrected chi connectivity index (χ3v) is 4.74. The first-order valence-electron chi connectivity index (χ1n) is 7.31. The predicted octanol–water partition coefficient (Wildman–Crippen LogP) is 1.67. The number of nitrogens with one attached hydrogen (secondary N) is 1. The van der Waals surface area contributed by atoms with E-state index in [1.165, 1.54) is 12.8 Å². The smallest absolute Gasteiger partial charge is 0.224 e. The largest absolute Gasteiger partial charge is 0.343 e. The second-order valence-corrected chi connectivity index (χ2v) is 6.38. The lowest BCUT2D eigenvalue weighted by Gasteiger charge is -2.35. The molecule has 0 saturated carbocycles. The fourth-order valence-electron chi connectivity index (χ4n) is 3.39. The summed E-state index contributed by atoms with van der Waals surface area (Å²) in [4.78, 5) is 14.2. The third kappa shape index (κ3) is 2.99. The Labute approximate surface area is 124 Å². The summed E-state index contributed by atoms with van der Waals surface area (Å²) in [6.07, 6.45) is 8.52. The molecule has 1 aromatic heterocycles. The second kappa shape index (κ2) is 5.74. The highest BCUT2D eigenvalue weighted by Crippen LogP contribution is 2.29. The molecule has 110 valence electrons. The molecule has 2 unspecified atom stereocenters. The van der Waals surface area contributed by atoms with Gasteiger partial charge in [-0.15, -0.1) is 0 Å². The summed E-state index contributed by atoms with van der Waals surface area (Å²) in [6, 6.07) is 1.61. The first kappa shape index (κ1) is 13.9. The lowest BCUT2D eigenvalue weighted by atomic mass is 9.98. The van der Waals surface area contributed by atoms with Crippen LogP contribution in [0.25, 0.3) is 0 Å². The van der Waals surface area contributed by atoms with Crippen molar-refractivity contribution in [3.05, 3.63) is 17.4 Å². The number of rotatable bonds is 4. The van der Waals surface area contributed by atoms with Gasteiger partial charge in [0.2, 0.25) is 5.91 Å². The zero-order valence-electron chi connectivity index (χ0n) is 11.8. The zero-order valence-corrected chi connectivity index (χ0v) is 12.5. The molecule has 3 heterocycles. The van der Waals surface area contributed by atoms with Crippen LogP contribution in [0.5, 0.6) is 0 Å². The predicted molar refractivity (Wildman–Crippen MR) is 77.6 cm³/mol. The molecule has 5 nitrogen and oxygen atoms in total. The molecule has 2 aliphatic rings. The third-order valence-electron chi connectivity index (χ3n) is 4.55. The number of hydrogen-bond acceptors (Lipinski definition) is 3. The minimum atomic E-state index is 0.197. The zero-order chi connectivity index (χ0) is 14.1. The van der Waals surface area contributed by atoms with E-state index in [1.807, 2.05) is 11.9 Å². The Hall–Kier alpha value is -1.07. The molecule has 20 heavy (non-hydrogen) atoms. The molecule has 6 heteroatoms. The van der Waals surface area contributed by atoms with E-state index in [9.17, 15) is 4.79 Å². The summed E-state index contributed by atoms with van der Waals surface area (Å²) in [6.45, 7) is 0.591. The average Bonchev–Trinajstić information content (AvgIpc) is 3.01. The van der Waals surface area contributed by atoms with E-state index in [0.717, 1.165) is 12.8 Å². The van der Waals surface area contributed by atoms with E-state index in [2.05, 4.69) is 10.4 Å². The van der Waals surface area contributed by atoms with Crippen LogP contribution in [0.3, 0.4) is 0 Å². The quantitative estimate of drug-likeness (QED) is 0.919. The van der Waals surface area contributed by atoms with Gasteiger partial charge in [-0.25, -0.2) is 0 Å². The van der Waals surface area contributed by atoms with E-state index >= 15 is 0 Å². The van der Waals surface area contributed by atoms with Gasteiger partial charge in [-0.1, -0.05) is 11.6 Å². The van der Waals surface area contributed by atoms with Crippen molar-refractivity contribution >= 4 is 17.5 Å². The van der Waals surface area contributed by atoms with Crippen LogP contribution in [-0.4, -0.2) is 45.8 Å². The summed E-state index contributed by atoms with van der Waals surface area (Å²) in [5, 5.41) is 8.32. The average molecular weight is 297 g/mol. The fraction of sp³-hybridized carbons (Fsp3) is 0.714. The topological polar surface area (TPSA) is 50.2 Å². The van der Waals surface area contributed by atoms with Crippen LogP contribution in [0.15, 0.2) is 12.4 Å². The van der Waals surface area contributed by atoms with E-state index in [-0.39, 0.29) is 5.91 Å². The van der Waals surface area contributed by atoms with Crippen LogP contribution in [0.4, 0.5) is 0 Å². The fourth-order valence-corrected chi connectivity index (χ4v) is 3.55. The number of amides is 1. The molecule has 2 saturated heterocycles. The highest BCUT2D eigenvalue weighted by molar-refractivity contribution is 6.30. The summed E-state index contributed by atoms with van der Waals surface area (Å²) >= 11 is 5.81. The van der Waals surface area contributed by atoms with Gasteiger partial charge >= 0.3 is 0 Å². The Kier molecular flexibility index (Phi) is 3.98. The second-order valence-electron chi connectivity index (χ2n) is 5.94. The van der Waals surface area contributed by atoms with Crippen LogP contribution in [0.1, 0.15) is 32.1 Å². The van der Waals surface area contributed by atoms with Crippen molar-refractivity contribution in [2.24, 2.45) is 0 Å². The summed E-state index contributed by atoms with van der Waals surface area (Å²) in [7, 11) is 1.94. The monoisotopic (exact) mass is 296 g/mol. The van der Waals surface area contributed by atoms with Gasteiger partial charge < -0.3 is 10.2 Å². The van der Waals surface area contributed by atoms with Crippen molar-refractivity contribution in [2.45, 2.75) is 56.8 Å². The van der Waals surface area contributed by atoms with Crippen molar-refractivity contribution in [3.63, 3.8) is 0 Å². The Morgan fingerprint density at radius 1 is 1.50 bits per heavy atom. The number of carbonyl (C=O) groups is 1. The number of nitrogens with zero attached hydrogens (tertiary/aromatic N) is 3. The number of aryl methyl sites for hydroxylation is 1. The molecular weight excluding hydrogens is 276 g/mol. The number of aromatic nitrogens is 2. The molecule has 1 N–H and O–H groups in total. The molecule has 2 bridgehead atoms. The summed E-state index contributed by atoms with van der Waals surface area (Å²) < 4.78 is 1.72. The Morgan fingerprint density at radius 3 is 2.80 bits per heavy atom. The maximum Gasteiger partial charge on any atom is 0.224 e. The van der Waals surface area contributed by atoms with Crippen molar-refractivity contribution < 1.29 is 4.79 Å². The highest BCUT2D eigenvalue weighted by atomic mass is 35.5. The normalized spacial score (nSPS) is 28.6. The van der Waals surface area contributed by atoms with Crippen molar-refractivity contribution in [2.75, 3.05) is 7.05 Å². The Bertz CT molecular complexity index is 477. The molecule has 2 aliphatic heterocycles. The van der Waals surface area contributed by atoms with E-state index < -0.39 is 0 Å². The molecule has 3 rings (SSSR count). The molecule has 0 aromatic carbocycles. The summed E-state index contributed by atoms with van der Waals surface area (Å²) in [5.41, 5.74) is 0. The Balaban J connectivity index is 1.51. The van der Waals surface area contributed by atoms with Crippen molar-refractivity contribution in [1.29, 1.82) is 0 Å². The van der Waals surface area contributed by atoms with Gasteiger partial charge in [-0.05, 0) is 25.7 Å². The molecule has 0 radical (unpaired) electrons. The van der Waals surface area contributed by atoms with Crippen LogP contribution in [0, 0.1) is 0 Å². The molecule has 2 atom stereocenters. The first-order valence-corrected chi connectivity index (χ1v) is 7.69. The highest BCUT2D eigenvalue weighted by Gasteiger charge is 2.36. The van der Waals surface area contributed by atoms with Gasteiger partial charge in [0.15, 0.2) is 0 Å². The number of halogens is 1. The molecule has 2 fully saturated rings. The standard InChI is InChI=1S/C14H21ClN4O/c1-18(13-6-11-2-3-12(7-13)17-11)14(20)4-5-19-9-10(15)8-16-19/h8-9,11-13,17H,2-7H2,1H3. The van der Waals surface area contributed by atoms with Gasteiger partial charge in [0.25, 0.3) is 0 Å². The lowest BCUT2D eigenvalue weighted by molar-refractivity contribution is -0.133. The maximum absolute atomic E-state index is 12.3. The van der Waals surface area contributed by atoms with E-state index in [0.29, 0.717) is 36.1 Å². The molecule has 0 aliphatic carbocycles. The number of hydrogen-bond donors (Lipinski definition) is 1. The molecule has 1 amide bonds. The minimum Gasteiger partial charge on any atom is -0.343 e. The van der Waals surface area contributed by atoms with Crippen LogP contribution < -0.4 is 5.32 Å². The molecule has 0 spiro atoms. The minimum absolute atomic E-state index is 0.197. The van der Waals surface area contributed by atoms with E-state index in [1.54, 1.807) is 17.1 Å². The number of fused-ring (bicyclic) bond motifs is 2. The van der Waals surface area contributed by atoms with Crippen molar-refractivity contribution in [1.82, 2.24) is 20.0 Å². The van der Waals surface area contributed by atoms with Gasteiger partial charge in [-0.2, -0.15) is 5.10 Å². The first-order chi connectivity index (χ1) is 9.61. The Morgan fingerprint density at radius 2 is 2.20 bits per heavy atom. The lowest BCUT2D eigenvalue weighted by Crippen LogP contribution is -2.48. The molecular formula is C14H21ClN4O. The summed E-state index contributed by atoms with van der Waals surface area (Å²) in [5.74, 6) is 0.197. The van der Waals surface area contributed by atoms with Crippen molar-refractivity contribution in [3.8, 4) is 0 Å². The van der Waals surface area contributed by atoms with Gasteiger partial charge in [0.05, 0.1) is 11.2 Å². The van der Waals surface area contributed by atoms with Crippen LogP contribution >= 0.6 is 11.6 Å².